The Bertz CT molecular complexity index is 630. The number of fused-ring (bicyclic) bond motifs is 1. The van der Waals surface area contributed by atoms with Gasteiger partial charge in [0.25, 0.3) is 0 Å². The van der Waals surface area contributed by atoms with Crippen LogP contribution in [0.4, 0.5) is 11.4 Å². The first-order valence-electron chi connectivity index (χ1n) is 6.74. The van der Waals surface area contributed by atoms with E-state index in [1.54, 1.807) is 38.2 Å². The zero-order chi connectivity index (χ0) is 15.6. The molecule has 1 unspecified atom stereocenters. The molecular weight excluding hydrogens is 292 g/mol. The van der Waals surface area contributed by atoms with Crippen molar-refractivity contribution in [1.82, 2.24) is 0 Å². The van der Waals surface area contributed by atoms with E-state index in [1.165, 1.54) is 16.3 Å². The number of benzene rings is 1. The van der Waals surface area contributed by atoms with Crippen LogP contribution < -0.4 is 9.21 Å². The van der Waals surface area contributed by atoms with Crippen molar-refractivity contribution in [2.75, 3.05) is 42.3 Å². The largest absolute Gasteiger partial charge is 0.384 e. The highest BCUT2D eigenvalue weighted by atomic mass is 32.2. The second-order valence-corrected chi connectivity index (χ2v) is 7.14. The second-order valence-electron chi connectivity index (χ2n) is 5.13. The SMILES string of the molecule is COCCS(=O)(=O)N1CC(C)C(=O)N(C)c2ccccc21. The summed E-state index contributed by atoms with van der Waals surface area (Å²) >= 11 is 0. The Kier molecular flexibility index (Phi) is 4.53. The van der Waals surface area contributed by atoms with E-state index in [0.717, 1.165) is 0 Å². The van der Waals surface area contributed by atoms with Gasteiger partial charge in [0, 0.05) is 20.7 Å². The molecule has 1 aliphatic rings. The van der Waals surface area contributed by atoms with Crippen LogP contribution in [0.2, 0.25) is 0 Å². The van der Waals surface area contributed by atoms with Crippen molar-refractivity contribution in [1.29, 1.82) is 0 Å². The minimum Gasteiger partial charge on any atom is -0.384 e. The summed E-state index contributed by atoms with van der Waals surface area (Å²) in [6, 6.07) is 7.04. The number of nitrogens with zero attached hydrogens (tertiary/aromatic N) is 2. The van der Waals surface area contributed by atoms with Gasteiger partial charge >= 0.3 is 0 Å². The van der Waals surface area contributed by atoms with Crippen molar-refractivity contribution in [3.8, 4) is 0 Å². The molecule has 0 radical (unpaired) electrons. The van der Waals surface area contributed by atoms with Gasteiger partial charge in [-0.05, 0) is 12.1 Å². The van der Waals surface area contributed by atoms with Gasteiger partial charge in [-0.2, -0.15) is 0 Å². The maximum absolute atomic E-state index is 12.5. The van der Waals surface area contributed by atoms with Crippen molar-refractivity contribution in [2.24, 2.45) is 5.92 Å². The number of hydrogen-bond donors (Lipinski definition) is 0. The van der Waals surface area contributed by atoms with Crippen LogP contribution in [0.1, 0.15) is 6.92 Å². The first-order valence-corrected chi connectivity index (χ1v) is 8.35. The Labute approximate surface area is 125 Å². The average Bonchev–Trinajstić information content (AvgIpc) is 2.57. The van der Waals surface area contributed by atoms with Crippen LogP contribution >= 0.6 is 0 Å². The lowest BCUT2D eigenvalue weighted by Crippen LogP contribution is -2.39. The summed E-state index contributed by atoms with van der Waals surface area (Å²) in [5.41, 5.74) is 1.14. The number of amides is 1. The van der Waals surface area contributed by atoms with Crippen LogP contribution in [-0.4, -0.2) is 47.4 Å². The topological polar surface area (TPSA) is 66.9 Å². The van der Waals surface area contributed by atoms with Crippen LogP contribution in [0.15, 0.2) is 24.3 Å². The van der Waals surface area contributed by atoms with Crippen LogP contribution in [0, 0.1) is 5.92 Å². The molecule has 21 heavy (non-hydrogen) atoms. The molecule has 1 aliphatic heterocycles. The molecule has 0 aliphatic carbocycles. The summed E-state index contributed by atoms with van der Waals surface area (Å²) in [4.78, 5) is 13.8. The van der Waals surface area contributed by atoms with Crippen molar-refractivity contribution < 1.29 is 17.9 Å². The van der Waals surface area contributed by atoms with Gasteiger partial charge in [-0.15, -0.1) is 0 Å². The molecule has 2 rings (SSSR count). The molecule has 1 heterocycles. The summed E-state index contributed by atoms with van der Waals surface area (Å²) in [5.74, 6) is -0.603. The third-order valence-corrected chi connectivity index (χ3v) is 5.28. The number of carbonyl (C=O) groups is 1. The predicted molar refractivity (Wildman–Crippen MR) is 82.0 cm³/mol. The molecule has 1 aromatic rings. The standard InChI is InChI=1S/C14H20N2O4S/c1-11-10-16(21(18,19)9-8-20-3)13-7-5-4-6-12(13)15(2)14(11)17/h4-7,11H,8-10H2,1-3H3. The van der Waals surface area contributed by atoms with Crippen molar-refractivity contribution in [3.63, 3.8) is 0 Å². The van der Waals surface area contributed by atoms with Gasteiger partial charge in [0.1, 0.15) is 0 Å². The smallest absolute Gasteiger partial charge is 0.237 e. The zero-order valence-corrected chi connectivity index (χ0v) is 13.3. The van der Waals surface area contributed by atoms with Gasteiger partial charge in [0.2, 0.25) is 15.9 Å². The molecule has 7 heteroatoms. The highest BCUT2D eigenvalue weighted by molar-refractivity contribution is 7.92. The molecule has 1 aromatic carbocycles. The number of rotatable bonds is 4. The second kappa shape index (κ2) is 6.03. The van der Waals surface area contributed by atoms with E-state index in [-0.39, 0.29) is 24.8 Å². The third-order valence-electron chi connectivity index (χ3n) is 3.58. The van der Waals surface area contributed by atoms with E-state index >= 15 is 0 Å². The first kappa shape index (κ1) is 15.8. The van der Waals surface area contributed by atoms with E-state index < -0.39 is 15.9 Å². The Morgan fingerprint density at radius 3 is 2.52 bits per heavy atom. The van der Waals surface area contributed by atoms with Crippen molar-refractivity contribution in [2.45, 2.75) is 6.92 Å². The van der Waals surface area contributed by atoms with E-state index in [4.69, 9.17) is 4.74 Å². The van der Waals surface area contributed by atoms with Gasteiger partial charge in [-0.1, -0.05) is 19.1 Å². The molecule has 6 nitrogen and oxygen atoms in total. The Morgan fingerprint density at radius 2 is 1.90 bits per heavy atom. The quantitative estimate of drug-likeness (QED) is 0.834. The zero-order valence-electron chi connectivity index (χ0n) is 12.4. The lowest BCUT2D eigenvalue weighted by molar-refractivity contribution is -0.121. The van der Waals surface area contributed by atoms with Gasteiger partial charge in [0.15, 0.2) is 0 Å². The van der Waals surface area contributed by atoms with Crippen molar-refractivity contribution in [3.05, 3.63) is 24.3 Å². The molecule has 0 N–H and O–H groups in total. The van der Waals surface area contributed by atoms with E-state index in [2.05, 4.69) is 0 Å². The first-order chi connectivity index (χ1) is 9.88. The summed E-state index contributed by atoms with van der Waals surface area (Å²) in [5, 5.41) is 0. The van der Waals surface area contributed by atoms with Crippen LogP contribution in [0.5, 0.6) is 0 Å². The lowest BCUT2D eigenvalue weighted by atomic mass is 10.1. The molecule has 0 bridgehead atoms. The molecule has 0 fully saturated rings. The maximum atomic E-state index is 12.5. The summed E-state index contributed by atoms with van der Waals surface area (Å²) in [6.07, 6.45) is 0. The monoisotopic (exact) mass is 312 g/mol. The maximum Gasteiger partial charge on any atom is 0.237 e. The van der Waals surface area contributed by atoms with Gasteiger partial charge in [-0.3, -0.25) is 9.10 Å². The minimum absolute atomic E-state index is 0.0908. The number of methoxy groups -OCH3 is 1. The molecule has 0 spiro atoms. The highest BCUT2D eigenvalue weighted by Crippen LogP contribution is 2.34. The minimum atomic E-state index is -3.53. The molecule has 0 aromatic heterocycles. The average molecular weight is 312 g/mol. The van der Waals surface area contributed by atoms with E-state index in [1.807, 2.05) is 0 Å². The molecule has 1 amide bonds. The number of hydrogen-bond acceptors (Lipinski definition) is 4. The van der Waals surface area contributed by atoms with E-state index in [9.17, 15) is 13.2 Å². The van der Waals surface area contributed by atoms with E-state index in [0.29, 0.717) is 11.4 Å². The lowest BCUT2D eigenvalue weighted by Gasteiger charge is -2.25. The molecule has 0 saturated heterocycles. The number of para-hydroxylation sites is 2. The third kappa shape index (κ3) is 3.03. The fraction of sp³-hybridized carbons (Fsp3) is 0.500. The van der Waals surface area contributed by atoms with Gasteiger partial charge < -0.3 is 9.64 Å². The summed E-state index contributed by atoms with van der Waals surface area (Å²) in [7, 11) is -0.399. The fourth-order valence-electron chi connectivity index (χ4n) is 2.40. The summed E-state index contributed by atoms with van der Waals surface area (Å²) in [6.45, 7) is 2.01. The highest BCUT2D eigenvalue weighted by Gasteiger charge is 2.34. The number of sulfonamides is 1. The van der Waals surface area contributed by atoms with Gasteiger partial charge in [-0.25, -0.2) is 8.42 Å². The van der Waals surface area contributed by atoms with Crippen LogP contribution in [0.3, 0.4) is 0 Å². The molecular formula is C14H20N2O4S. The normalized spacial score (nSPS) is 19.4. The van der Waals surface area contributed by atoms with Crippen LogP contribution in [0.25, 0.3) is 0 Å². The molecule has 1 atom stereocenters. The predicted octanol–water partition coefficient (Wildman–Crippen LogP) is 1.08. The fourth-order valence-corrected chi connectivity index (χ4v) is 3.90. The van der Waals surface area contributed by atoms with Crippen molar-refractivity contribution >= 4 is 27.3 Å². The number of anilines is 2. The molecule has 0 saturated carbocycles. The number of ether oxygens (including phenoxy) is 1. The Balaban J connectivity index is 2.51. The summed E-state index contributed by atoms with van der Waals surface area (Å²) < 4.78 is 31.3. The molecule has 116 valence electrons. The number of carbonyl (C=O) groups excluding carboxylic acids is 1. The Hall–Kier alpha value is -1.60. The Morgan fingerprint density at radius 1 is 1.29 bits per heavy atom. The van der Waals surface area contributed by atoms with Crippen LogP contribution in [-0.2, 0) is 19.6 Å². The van der Waals surface area contributed by atoms with Gasteiger partial charge in [0.05, 0.1) is 29.7 Å².